The summed E-state index contributed by atoms with van der Waals surface area (Å²) in [5.41, 5.74) is 0.856. The number of carbonyl (C=O) groups excluding carboxylic acids is 3. The van der Waals surface area contributed by atoms with Crippen LogP contribution in [-0.4, -0.2) is 46.6 Å². The van der Waals surface area contributed by atoms with Crippen molar-refractivity contribution >= 4 is 18.1 Å². The molecule has 2 aliphatic heterocycles. The Balaban J connectivity index is 1.55. The van der Waals surface area contributed by atoms with Gasteiger partial charge in [-0.1, -0.05) is 54.6 Å². The molecule has 2 fully saturated rings. The van der Waals surface area contributed by atoms with Crippen LogP contribution in [0.4, 0.5) is 9.59 Å². The third-order valence-electron chi connectivity index (χ3n) is 4.89. The topological polar surface area (TPSA) is 76.2 Å². The van der Waals surface area contributed by atoms with E-state index in [4.69, 9.17) is 9.47 Å². The van der Waals surface area contributed by atoms with Gasteiger partial charge in [-0.2, -0.15) is 0 Å². The number of imide groups is 1. The third kappa shape index (κ3) is 2.90. The maximum absolute atomic E-state index is 12.8. The summed E-state index contributed by atoms with van der Waals surface area (Å²) in [6, 6.07) is 15.8. The Labute approximate surface area is 161 Å². The van der Waals surface area contributed by atoms with Crippen molar-refractivity contribution in [1.29, 1.82) is 0 Å². The summed E-state index contributed by atoms with van der Waals surface area (Å²) in [6.45, 7) is 3.86. The van der Waals surface area contributed by atoms with Gasteiger partial charge in [-0.3, -0.25) is 9.69 Å². The third-order valence-corrected chi connectivity index (χ3v) is 4.89. The maximum atomic E-state index is 12.8. The zero-order chi connectivity index (χ0) is 19.7. The largest absolute Gasteiger partial charge is 0.447 e. The molecule has 3 amide bonds. The van der Waals surface area contributed by atoms with E-state index in [1.54, 1.807) is 30.3 Å². The van der Waals surface area contributed by atoms with E-state index in [0.29, 0.717) is 5.75 Å². The Hall–Kier alpha value is -3.61. The molecule has 7 heteroatoms. The van der Waals surface area contributed by atoms with Gasteiger partial charge in [-0.25, -0.2) is 14.5 Å². The van der Waals surface area contributed by atoms with Crippen LogP contribution in [0.1, 0.15) is 11.6 Å². The van der Waals surface area contributed by atoms with Crippen LogP contribution in [0.5, 0.6) is 5.75 Å². The summed E-state index contributed by atoms with van der Waals surface area (Å²) >= 11 is 0. The van der Waals surface area contributed by atoms with Crippen molar-refractivity contribution < 1.29 is 23.9 Å². The van der Waals surface area contributed by atoms with E-state index in [1.807, 2.05) is 30.3 Å². The van der Waals surface area contributed by atoms with Crippen LogP contribution in [0.25, 0.3) is 0 Å². The van der Waals surface area contributed by atoms with Gasteiger partial charge in [0, 0.05) is 0 Å². The number of amides is 3. The van der Waals surface area contributed by atoms with E-state index in [1.165, 1.54) is 11.0 Å². The minimum atomic E-state index is -0.860. The molecular formula is C21H18N2O5. The Kier molecular flexibility index (Phi) is 4.57. The first-order valence-corrected chi connectivity index (χ1v) is 8.84. The first-order valence-electron chi connectivity index (χ1n) is 8.84. The molecule has 0 saturated carbocycles. The van der Waals surface area contributed by atoms with Crippen LogP contribution in [0.2, 0.25) is 0 Å². The first-order chi connectivity index (χ1) is 13.6. The molecule has 2 heterocycles. The molecule has 0 aromatic heterocycles. The number of cyclic esters (lactones) is 1. The van der Waals surface area contributed by atoms with Gasteiger partial charge in [0.15, 0.2) is 0 Å². The highest BCUT2D eigenvalue weighted by molar-refractivity contribution is 6.04. The molecule has 0 bridgehead atoms. The molecular weight excluding hydrogens is 360 g/mol. The molecule has 0 radical (unpaired) electrons. The average Bonchev–Trinajstić information content (AvgIpc) is 3.08. The number of nitrogens with zero attached hydrogens (tertiary/aromatic N) is 2. The molecule has 2 aromatic carbocycles. The van der Waals surface area contributed by atoms with Gasteiger partial charge in [0.25, 0.3) is 5.91 Å². The zero-order valence-corrected chi connectivity index (χ0v) is 14.9. The average molecular weight is 378 g/mol. The Morgan fingerprint density at radius 3 is 2.36 bits per heavy atom. The number of para-hydroxylation sites is 1. The number of ether oxygens (including phenoxy) is 2. The highest BCUT2D eigenvalue weighted by Gasteiger charge is 2.57. The second kappa shape index (κ2) is 7.19. The highest BCUT2D eigenvalue weighted by Crippen LogP contribution is 2.37. The van der Waals surface area contributed by atoms with E-state index in [2.05, 4.69) is 6.58 Å². The number of benzene rings is 2. The molecule has 2 aliphatic rings. The van der Waals surface area contributed by atoms with Gasteiger partial charge >= 0.3 is 12.2 Å². The van der Waals surface area contributed by atoms with Crippen molar-refractivity contribution in [3.05, 3.63) is 78.9 Å². The molecule has 0 N–H and O–H groups in total. The van der Waals surface area contributed by atoms with Gasteiger partial charge in [0.05, 0.1) is 12.1 Å². The van der Waals surface area contributed by atoms with Gasteiger partial charge in [-0.05, 0) is 17.7 Å². The van der Waals surface area contributed by atoms with E-state index < -0.39 is 36.2 Å². The van der Waals surface area contributed by atoms with Gasteiger partial charge in [0.2, 0.25) is 0 Å². The van der Waals surface area contributed by atoms with Gasteiger partial charge < -0.3 is 9.47 Å². The van der Waals surface area contributed by atoms with E-state index in [0.717, 1.165) is 10.5 Å². The molecule has 4 rings (SSSR count). The predicted molar refractivity (Wildman–Crippen MR) is 99.5 cm³/mol. The number of hydrogen-bond donors (Lipinski definition) is 0. The quantitative estimate of drug-likeness (QED) is 0.603. The summed E-state index contributed by atoms with van der Waals surface area (Å²) in [4.78, 5) is 40.0. The molecule has 3 atom stereocenters. The Bertz CT molecular complexity index is 915. The van der Waals surface area contributed by atoms with E-state index in [9.17, 15) is 14.4 Å². The van der Waals surface area contributed by atoms with Gasteiger partial charge in [-0.15, -0.1) is 6.58 Å². The summed E-state index contributed by atoms with van der Waals surface area (Å²) < 4.78 is 10.4. The van der Waals surface area contributed by atoms with Crippen molar-refractivity contribution in [3.8, 4) is 5.75 Å². The SMILES string of the molecule is C=C[C@H]1[C@@H](N2C(=O)OC[C@@H]2c2ccccc2)C(=O)N1C(=O)Oc1ccccc1. The van der Waals surface area contributed by atoms with E-state index in [-0.39, 0.29) is 6.61 Å². The number of β-lactam (4-membered cyclic amide) rings is 1. The monoisotopic (exact) mass is 378 g/mol. The fourth-order valence-corrected chi connectivity index (χ4v) is 3.53. The lowest BCUT2D eigenvalue weighted by Crippen LogP contribution is -2.72. The lowest BCUT2D eigenvalue weighted by Gasteiger charge is -2.47. The van der Waals surface area contributed by atoms with Gasteiger partial charge in [0.1, 0.15) is 18.4 Å². The minimum Gasteiger partial charge on any atom is -0.447 e. The molecule has 2 aromatic rings. The lowest BCUT2D eigenvalue weighted by atomic mass is 9.92. The standard InChI is InChI=1S/C21H18N2O5/c1-2-16-18(19(24)23(16)21(26)28-15-11-7-4-8-12-15)22-17(13-27-20(22)25)14-9-5-3-6-10-14/h2-12,16-18H,1,13H2/t16-,17+,18+/m0/s1. The normalized spacial score (nSPS) is 23.8. The van der Waals surface area contributed by atoms with Crippen LogP contribution in [0.3, 0.4) is 0 Å². The van der Waals surface area contributed by atoms with Crippen molar-refractivity contribution in [2.75, 3.05) is 6.61 Å². The minimum absolute atomic E-state index is 0.144. The molecule has 28 heavy (non-hydrogen) atoms. The van der Waals surface area contributed by atoms with E-state index >= 15 is 0 Å². The fraction of sp³-hybridized carbons (Fsp3) is 0.190. The molecule has 0 unspecified atom stereocenters. The first kappa shape index (κ1) is 17.8. The van der Waals surface area contributed by atoms with Crippen LogP contribution in [0.15, 0.2) is 73.3 Å². The highest BCUT2D eigenvalue weighted by atomic mass is 16.6. The molecule has 0 spiro atoms. The summed E-state index contributed by atoms with van der Waals surface area (Å²) in [5.74, 6) is -0.195. The predicted octanol–water partition coefficient (Wildman–Crippen LogP) is 3.14. The second-order valence-corrected chi connectivity index (χ2v) is 6.47. The number of carbonyl (C=O) groups is 3. The van der Waals surface area contributed by atoms with Crippen LogP contribution in [0, 0.1) is 0 Å². The maximum Gasteiger partial charge on any atom is 0.422 e. The molecule has 2 saturated heterocycles. The number of likely N-dealkylation sites (tertiary alicyclic amines) is 1. The zero-order valence-electron chi connectivity index (χ0n) is 14.9. The van der Waals surface area contributed by atoms with Crippen molar-refractivity contribution in [2.24, 2.45) is 0 Å². The smallest absolute Gasteiger partial charge is 0.422 e. The molecule has 0 aliphatic carbocycles. The van der Waals surface area contributed by atoms with Crippen LogP contribution >= 0.6 is 0 Å². The Morgan fingerprint density at radius 1 is 1.07 bits per heavy atom. The second-order valence-electron chi connectivity index (χ2n) is 6.47. The lowest BCUT2D eigenvalue weighted by molar-refractivity contribution is -0.150. The summed E-state index contributed by atoms with van der Waals surface area (Å²) in [6.07, 6.45) is 0.0719. The van der Waals surface area contributed by atoms with Crippen molar-refractivity contribution in [1.82, 2.24) is 9.80 Å². The molecule has 7 nitrogen and oxygen atoms in total. The van der Waals surface area contributed by atoms with Crippen molar-refractivity contribution in [3.63, 3.8) is 0 Å². The van der Waals surface area contributed by atoms with Crippen LogP contribution < -0.4 is 4.74 Å². The summed E-state index contributed by atoms with van der Waals surface area (Å²) in [5, 5.41) is 0. The summed E-state index contributed by atoms with van der Waals surface area (Å²) in [7, 11) is 0. The Morgan fingerprint density at radius 2 is 1.71 bits per heavy atom. The van der Waals surface area contributed by atoms with Crippen LogP contribution in [-0.2, 0) is 9.53 Å². The molecule has 142 valence electrons. The number of rotatable bonds is 4. The number of hydrogen-bond acceptors (Lipinski definition) is 5. The fourth-order valence-electron chi connectivity index (χ4n) is 3.53. The van der Waals surface area contributed by atoms with Crippen molar-refractivity contribution in [2.45, 2.75) is 18.1 Å².